The Bertz CT molecular complexity index is 1850. The third kappa shape index (κ3) is 7.27. The molecule has 1 amide bonds. The SMILES string of the molecule is CCCCc1nc(Cl)c(COC(=O)c2ccccc2)n1Cc1ccc(-c2ccsc2S(=O)(=O)NC(=O)c2ccccc2)cc1. The average Bonchev–Trinajstić information content (AvgIpc) is 3.65. The number of carbonyl (C=O) groups is 2. The number of carbonyl (C=O) groups excluding carboxylic acids is 2. The van der Waals surface area contributed by atoms with Crippen molar-refractivity contribution in [2.45, 2.75) is 43.5 Å². The molecule has 44 heavy (non-hydrogen) atoms. The third-order valence-electron chi connectivity index (χ3n) is 6.95. The number of imidazole rings is 1. The fourth-order valence-electron chi connectivity index (χ4n) is 4.65. The molecule has 0 spiro atoms. The highest BCUT2D eigenvalue weighted by atomic mass is 35.5. The van der Waals surface area contributed by atoms with Crippen molar-refractivity contribution in [2.75, 3.05) is 0 Å². The van der Waals surface area contributed by atoms with Gasteiger partial charge in [0.1, 0.15) is 16.6 Å². The molecular weight excluding hydrogens is 618 g/mol. The van der Waals surface area contributed by atoms with E-state index < -0.39 is 21.9 Å². The Hall–Kier alpha value is -4.25. The van der Waals surface area contributed by atoms with Crippen LogP contribution in [0.3, 0.4) is 0 Å². The van der Waals surface area contributed by atoms with Gasteiger partial charge in [0.05, 0.1) is 11.3 Å². The van der Waals surface area contributed by atoms with Crippen LogP contribution in [0.2, 0.25) is 5.15 Å². The maximum absolute atomic E-state index is 13.2. The van der Waals surface area contributed by atoms with E-state index >= 15 is 0 Å². The van der Waals surface area contributed by atoms with E-state index in [1.165, 1.54) is 0 Å². The summed E-state index contributed by atoms with van der Waals surface area (Å²) in [5, 5.41) is 1.97. The number of thiophene rings is 1. The van der Waals surface area contributed by atoms with Crippen molar-refractivity contribution >= 4 is 44.8 Å². The molecule has 2 aromatic heterocycles. The maximum atomic E-state index is 13.2. The Kier molecular flexibility index (Phi) is 9.94. The number of hydrogen-bond acceptors (Lipinski definition) is 7. The Morgan fingerprint density at radius 3 is 2.25 bits per heavy atom. The van der Waals surface area contributed by atoms with Gasteiger partial charge in [-0.3, -0.25) is 4.79 Å². The molecule has 0 aliphatic heterocycles. The van der Waals surface area contributed by atoms with Crippen LogP contribution in [0.4, 0.5) is 0 Å². The summed E-state index contributed by atoms with van der Waals surface area (Å²) >= 11 is 7.59. The number of amides is 1. The van der Waals surface area contributed by atoms with E-state index in [0.29, 0.717) is 40.5 Å². The van der Waals surface area contributed by atoms with E-state index in [2.05, 4.69) is 16.6 Å². The van der Waals surface area contributed by atoms with Crippen LogP contribution in [0.1, 0.15) is 57.6 Å². The number of hydrogen-bond donors (Lipinski definition) is 1. The minimum Gasteiger partial charge on any atom is -0.456 e. The lowest BCUT2D eigenvalue weighted by Crippen LogP contribution is -2.30. The molecule has 3 aromatic carbocycles. The average molecular weight is 648 g/mol. The van der Waals surface area contributed by atoms with Crippen LogP contribution < -0.4 is 4.72 Å². The quantitative estimate of drug-likeness (QED) is 0.144. The molecule has 0 bridgehead atoms. The van der Waals surface area contributed by atoms with E-state index in [0.717, 1.165) is 35.6 Å². The molecule has 226 valence electrons. The Balaban J connectivity index is 1.35. The van der Waals surface area contributed by atoms with Crippen LogP contribution in [0.25, 0.3) is 11.1 Å². The number of sulfonamides is 1. The summed E-state index contributed by atoms with van der Waals surface area (Å²) in [5.74, 6) is -0.342. The predicted octanol–water partition coefficient (Wildman–Crippen LogP) is 7.13. The Morgan fingerprint density at radius 2 is 1.59 bits per heavy atom. The molecule has 0 saturated carbocycles. The second-order valence-electron chi connectivity index (χ2n) is 10.0. The first-order chi connectivity index (χ1) is 21.3. The molecule has 2 heterocycles. The summed E-state index contributed by atoms with van der Waals surface area (Å²) in [6.07, 6.45) is 2.62. The Labute approximate surface area is 265 Å². The van der Waals surface area contributed by atoms with E-state index in [1.54, 1.807) is 66.0 Å². The first-order valence-corrected chi connectivity index (χ1v) is 16.8. The molecule has 0 aliphatic carbocycles. The molecular formula is C33H30ClN3O5S2. The van der Waals surface area contributed by atoms with Gasteiger partial charge >= 0.3 is 5.97 Å². The van der Waals surface area contributed by atoms with Gasteiger partial charge in [0.2, 0.25) is 0 Å². The normalized spacial score (nSPS) is 11.3. The smallest absolute Gasteiger partial charge is 0.338 e. The van der Waals surface area contributed by atoms with Crippen molar-refractivity contribution < 1.29 is 22.7 Å². The van der Waals surface area contributed by atoms with E-state index in [4.69, 9.17) is 16.3 Å². The van der Waals surface area contributed by atoms with Gasteiger partial charge in [-0.15, -0.1) is 11.3 Å². The van der Waals surface area contributed by atoms with Crippen LogP contribution in [0.15, 0.2) is 101 Å². The van der Waals surface area contributed by atoms with Gasteiger partial charge in [-0.1, -0.05) is 85.6 Å². The molecule has 5 rings (SSSR count). The highest BCUT2D eigenvalue weighted by molar-refractivity contribution is 7.92. The van der Waals surface area contributed by atoms with Crippen molar-refractivity contribution in [1.82, 2.24) is 14.3 Å². The summed E-state index contributed by atoms with van der Waals surface area (Å²) in [6.45, 7) is 2.50. The number of esters is 1. The van der Waals surface area contributed by atoms with Gasteiger partial charge in [0, 0.05) is 24.1 Å². The van der Waals surface area contributed by atoms with E-state index in [1.807, 2.05) is 34.9 Å². The molecule has 8 nitrogen and oxygen atoms in total. The summed E-state index contributed by atoms with van der Waals surface area (Å²) in [4.78, 5) is 29.7. The number of unbranched alkanes of at least 4 members (excludes halogenated alkanes) is 1. The Morgan fingerprint density at radius 1 is 0.932 bits per heavy atom. The fourth-order valence-corrected chi connectivity index (χ4v) is 7.28. The van der Waals surface area contributed by atoms with Crippen LogP contribution in [0.5, 0.6) is 0 Å². The molecule has 0 aliphatic rings. The lowest BCUT2D eigenvalue weighted by Gasteiger charge is -2.14. The van der Waals surface area contributed by atoms with Gasteiger partial charge in [-0.05, 0) is 53.3 Å². The first-order valence-electron chi connectivity index (χ1n) is 14.0. The lowest BCUT2D eigenvalue weighted by atomic mass is 10.1. The van der Waals surface area contributed by atoms with Gasteiger partial charge in [0.25, 0.3) is 15.9 Å². The van der Waals surface area contributed by atoms with Crippen molar-refractivity contribution in [2.24, 2.45) is 0 Å². The number of aromatic nitrogens is 2. The maximum Gasteiger partial charge on any atom is 0.338 e. The van der Waals surface area contributed by atoms with Crippen LogP contribution in [0, 0.1) is 0 Å². The zero-order valence-electron chi connectivity index (χ0n) is 23.9. The largest absolute Gasteiger partial charge is 0.456 e. The lowest BCUT2D eigenvalue weighted by molar-refractivity contribution is 0.0463. The van der Waals surface area contributed by atoms with E-state index in [9.17, 15) is 18.0 Å². The van der Waals surface area contributed by atoms with Gasteiger partial charge < -0.3 is 9.30 Å². The van der Waals surface area contributed by atoms with Crippen molar-refractivity contribution in [3.63, 3.8) is 0 Å². The second-order valence-corrected chi connectivity index (χ2v) is 13.2. The summed E-state index contributed by atoms with van der Waals surface area (Å²) in [5.41, 5.74) is 3.42. The van der Waals surface area contributed by atoms with Crippen LogP contribution in [-0.4, -0.2) is 29.8 Å². The van der Waals surface area contributed by atoms with Crippen molar-refractivity contribution in [1.29, 1.82) is 0 Å². The fraction of sp³-hybridized carbons (Fsp3) is 0.182. The van der Waals surface area contributed by atoms with Crippen LogP contribution in [-0.2, 0) is 34.3 Å². The third-order valence-corrected chi connectivity index (χ3v) is 10.1. The number of benzene rings is 3. The zero-order valence-corrected chi connectivity index (χ0v) is 26.3. The van der Waals surface area contributed by atoms with E-state index in [-0.39, 0.29) is 16.4 Å². The van der Waals surface area contributed by atoms with Crippen molar-refractivity contribution in [3.8, 4) is 11.1 Å². The molecule has 0 fully saturated rings. The zero-order chi connectivity index (χ0) is 31.1. The highest BCUT2D eigenvalue weighted by Gasteiger charge is 2.24. The van der Waals surface area contributed by atoms with Gasteiger partial charge in [0.15, 0.2) is 5.15 Å². The number of aryl methyl sites for hydroxylation is 1. The molecule has 0 unspecified atom stereocenters. The summed E-state index contributed by atoms with van der Waals surface area (Å²) < 4.78 is 36.1. The number of nitrogens with zero attached hydrogens (tertiary/aromatic N) is 2. The predicted molar refractivity (Wildman–Crippen MR) is 171 cm³/mol. The minimum absolute atomic E-state index is 0.0331. The number of rotatable bonds is 12. The first kappa shape index (κ1) is 31.2. The number of nitrogens with one attached hydrogen (secondary N) is 1. The summed E-state index contributed by atoms with van der Waals surface area (Å²) in [6, 6.07) is 26.2. The standard InChI is InChI=1S/C33H30ClN3O5S2/c1-2-3-14-29-35-30(34)28(22-42-32(39)26-12-8-5-9-13-26)37(29)21-23-15-17-24(18-16-23)27-19-20-43-33(27)44(40,41)36-31(38)25-10-6-4-7-11-25/h4-13,15-20H,2-3,14,21-22H2,1H3,(H,36,38). The number of halogens is 1. The topological polar surface area (TPSA) is 107 Å². The summed E-state index contributed by atoms with van der Waals surface area (Å²) in [7, 11) is -4.10. The molecule has 0 radical (unpaired) electrons. The molecule has 1 N–H and O–H groups in total. The highest BCUT2D eigenvalue weighted by Crippen LogP contribution is 2.33. The number of ether oxygens (including phenoxy) is 1. The molecule has 0 saturated heterocycles. The molecule has 0 atom stereocenters. The van der Waals surface area contributed by atoms with Gasteiger partial charge in [-0.2, -0.15) is 0 Å². The minimum atomic E-state index is -4.10. The van der Waals surface area contributed by atoms with Crippen LogP contribution >= 0.6 is 22.9 Å². The monoisotopic (exact) mass is 647 g/mol. The molecule has 5 aromatic rings. The molecule has 11 heteroatoms. The van der Waals surface area contributed by atoms with Crippen molar-refractivity contribution in [3.05, 3.63) is 130 Å². The second kappa shape index (κ2) is 14.0. The van der Waals surface area contributed by atoms with Gasteiger partial charge in [-0.25, -0.2) is 22.9 Å².